The summed E-state index contributed by atoms with van der Waals surface area (Å²) in [5, 5.41) is 2.78. The molecule has 27 heavy (non-hydrogen) atoms. The van der Waals surface area contributed by atoms with Gasteiger partial charge in [0.25, 0.3) is 5.91 Å². The van der Waals surface area contributed by atoms with Crippen molar-refractivity contribution in [1.29, 1.82) is 0 Å². The molecule has 2 aliphatic rings. The Morgan fingerprint density at radius 3 is 2.30 bits per heavy atom. The fourth-order valence-corrected chi connectivity index (χ4v) is 4.43. The van der Waals surface area contributed by atoms with Gasteiger partial charge < -0.3 is 10.1 Å². The van der Waals surface area contributed by atoms with Gasteiger partial charge in [0.05, 0.1) is 10.8 Å². The monoisotopic (exact) mass is 398 g/mol. The van der Waals surface area contributed by atoms with Crippen LogP contribution in [-0.4, -0.2) is 49.8 Å². The molecule has 1 saturated heterocycles. The van der Waals surface area contributed by atoms with E-state index in [1.807, 2.05) is 0 Å². The molecule has 2 fully saturated rings. The van der Waals surface area contributed by atoms with E-state index in [1.54, 1.807) is 0 Å². The Hall–Kier alpha value is -2.00. The third kappa shape index (κ3) is 4.84. The summed E-state index contributed by atoms with van der Waals surface area (Å²) in [5.41, 5.74) is 0. The third-order valence-corrected chi connectivity index (χ3v) is 6.74. The number of hydrogen-bond donors (Lipinski definition) is 1. The first-order valence-electron chi connectivity index (χ1n) is 9.04. The lowest BCUT2D eigenvalue weighted by atomic mass is 9.98. The second-order valence-corrected chi connectivity index (χ2v) is 8.93. The molecule has 1 saturated carbocycles. The molecule has 9 heteroatoms. The maximum Gasteiger partial charge on any atom is 0.309 e. The highest BCUT2D eigenvalue weighted by Crippen LogP contribution is 2.25. The van der Waals surface area contributed by atoms with Crippen molar-refractivity contribution in [2.45, 2.75) is 49.6 Å². The fourth-order valence-electron chi connectivity index (χ4n) is 2.96. The number of esters is 1. The second kappa shape index (κ2) is 7.93. The average Bonchev–Trinajstić information content (AvgIpc) is 3.46. The van der Waals surface area contributed by atoms with Crippen molar-refractivity contribution in [3.63, 3.8) is 0 Å². The molecule has 1 aliphatic carbocycles. The predicted molar refractivity (Wildman–Crippen MR) is 94.6 cm³/mol. The second-order valence-electron chi connectivity index (χ2n) is 6.99. The minimum absolute atomic E-state index is 0.0234. The number of benzene rings is 1. The molecule has 1 amide bonds. The Balaban J connectivity index is 1.52. The molecule has 0 aromatic heterocycles. The van der Waals surface area contributed by atoms with E-state index in [1.165, 1.54) is 23.4 Å². The van der Waals surface area contributed by atoms with Crippen LogP contribution < -0.4 is 5.32 Å². The van der Waals surface area contributed by atoms with Gasteiger partial charge in [0.15, 0.2) is 6.10 Å². The molecule has 1 heterocycles. The number of halogens is 1. The first-order chi connectivity index (χ1) is 12.8. The van der Waals surface area contributed by atoms with Gasteiger partial charge in [0.2, 0.25) is 10.0 Å². The summed E-state index contributed by atoms with van der Waals surface area (Å²) in [4.78, 5) is 24.2. The molecule has 3 rings (SSSR count). The Morgan fingerprint density at radius 2 is 1.74 bits per heavy atom. The summed E-state index contributed by atoms with van der Waals surface area (Å²) in [7, 11) is -3.72. The highest BCUT2D eigenvalue weighted by molar-refractivity contribution is 7.89. The Kier molecular flexibility index (Phi) is 5.81. The normalized spacial score (nSPS) is 20.1. The molecule has 0 bridgehead atoms. The number of ether oxygens (including phenoxy) is 1. The van der Waals surface area contributed by atoms with Crippen molar-refractivity contribution < 1.29 is 27.1 Å². The van der Waals surface area contributed by atoms with Gasteiger partial charge in [-0.1, -0.05) is 0 Å². The van der Waals surface area contributed by atoms with Gasteiger partial charge in [0, 0.05) is 19.1 Å². The Morgan fingerprint density at radius 1 is 1.15 bits per heavy atom. The first-order valence-corrected chi connectivity index (χ1v) is 10.5. The van der Waals surface area contributed by atoms with Crippen LogP contribution in [0, 0.1) is 11.7 Å². The topological polar surface area (TPSA) is 92.8 Å². The molecule has 1 aromatic rings. The number of amides is 1. The van der Waals surface area contributed by atoms with Gasteiger partial charge in [-0.25, -0.2) is 12.8 Å². The van der Waals surface area contributed by atoms with E-state index >= 15 is 0 Å². The smallest absolute Gasteiger partial charge is 0.309 e. The number of hydrogen-bond acceptors (Lipinski definition) is 5. The van der Waals surface area contributed by atoms with Crippen molar-refractivity contribution in [2.24, 2.45) is 5.92 Å². The SMILES string of the molecule is C[C@H](OC(=O)C1CCN(S(=O)(=O)c2ccc(F)cc2)CC1)C(=O)NC1CC1. The first kappa shape index (κ1) is 19.8. The van der Waals surface area contributed by atoms with E-state index in [9.17, 15) is 22.4 Å². The third-order valence-electron chi connectivity index (χ3n) is 4.82. The van der Waals surface area contributed by atoms with E-state index in [0.29, 0.717) is 12.8 Å². The van der Waals surface area contributed by atoms with Crippen LogP contribution in [0.1, 0.15) is 32.6 Å². The maximum absolute atomic E-state index is 13.0. The standard InChI is InChI=1S/C18H23FN2O5S/c1-12(17(22)20-15-4-5-15)26-18(23)13-8-10-21(11-9-13)27(24,25)16-6-2-14(19)3-7-16/h2-3,6-7,12-13,15H,4-5,8-11H2,1H3,(H,20,22)/t12-/m0/s1. The molecular formula is C18H23FN2O5S. The number of carbonyl (C=O) groups excluding carboxylic acids is 2. The van der Waals surface area contributed by atoms with Crippen LogP contribution >= 0.6 is 0 Å². The van der Waals surface area contributed by atoms with Gasteiger partial charge >= 0.3 is 5.97 Å². The minimum atomic E-state index is -3.72. The zero-order valence-corrected chi connectivity index (χ0v) is 15.9. The summed E-state index contributed by atoms with van der Waals surface area (Å²) < 4.78 is 44.7. The van der Waals surface area contributed by atoms with Crippen LogP contribution in [0.5, 0.6) is 0 Å². The van der Waals surface area contributed by atoms with E-state index in [0.717, 1.165) is 25.0 Å². The molecule has 148 valence electrons. The van der Waals surface area contributed by atoms with E-state index in [2.05, 4.69) is 5.32 Å². The summed E-state index contributed by atoms with van der Waals surface area (Å²) in [6.07, 6.45) is 1.67. The van der Waals surface area contributed by atoms with Crippen LogP contribution in [-0.2, 0) is 24.3 Å². The van der Waals surface area contributed by atoms with Crippen molar-refractivity contribution in [3.05, 3.63) is 30.1 Å². The van der Waals surface area contributed by atoms with Crippen molar-refractivity contribution >= 4 is 21.9 Å². The van der Waals surface area contributed by atoms with Crippen LogP contribution in [0.25, 0.3) is 0 Å². The summed E-state index contributed by atoms with van der Waals surface area (Å²) in [6.45, 7) is 1.87. The van der Waals surface area contributed by atoms with Gasteiger partial charge in [0.1, 0.15) is 5.82 Å². The lowest BCUT2D eigenvalue weighted by molar-refractivity contribution is -0.159. The molecule has 0 radical (unpaired) electrons. The van der Waals surface area contributed by atoms with Gasteiger partial charge in [-0.2, -0.15) is 4.31 Å². The Bertz CT molecular complexity index is 800. The zero-order chi connectivity index (χ0) is 19.6. The molecule has 0 unspecified atom stereocenters. The molecular weight excluding hydrogens is 375 g/mol. The van der Waals surface area contributed by atoms with Gasteiger partial charge in [-0.05, 0) is 56.9 Å². The van der Waals surface area contributed by atoms with Crippen LogP contribution in [0.2, 0.25) is 0 Å². The number of sulfonamides is 1. The van der Waals surface area contributed by atoms with Crippen molar-refractivity contribution in [1.82, 2.24) is 9.62 Å². The number of nitrogens with zero attached hydrogens (tertiary/aromatic N) is 1. The molecule has 1 atom stereocenters. The lowest BCUT2D eigenvalue weighted by Crippen LogP contribution is -2.42. The quantitative estimate of drug-likeness (QED) is 0.732. The number of nitrogens with one attached hydrogen (secondary N) is 1. The van der Waals surface area contributed by atoms with Crippen LogP contribution in [0.3, 0.4) is 0 Å². The van der Waals surface area contributed by atoms with Gasteiger partial charge in [-0.15, -0.1) is 0 Å². The highest BCUT2D eigenvalue weighted by Gasteiger charge is 2.34. The van der Waals surface area contributed by atoms with E-state index in [-0.39, 0.29) is 29.9 Å². The molecule has 1 aliphatic heterocycles. The largest absolute Gasteiger partial charge is 0.452 e. The summed E-state index contributed by atoms with van der Waals surface area (Å²) >= 11 is 0. The number of carbonyl (C=O) groups is 2. The number of piperidine rings is 1. The molecule has 1 aromatic carbocycles. The molecule has 7 nitrogen and oxygen atoms in total. The van der Waals surface area contributed by atoms with Crippen molar-refractivity contribution in [3.8, 4) is 0 Å². The Labute approximate surface area is 157 Å². The predicted octanol–water partition coefficient (Wildman–Crippen LogP) is 1.44. The van der Waals surface area contributed by atoms with Gasteiger partial charge in [-0.3, -0.25) is 9.59 Å². The summed E-state index contributed by atoms with van der Waals surface area (Å²) in [5.74, 6) is -1.73. The van der Waals surface area contributed by atoms with Crippen molar-refractivity contribution in [2.75, 3.05) is 13.1 Å². The maximum atomic E-state index is 13.0. The van der Waals surface area contributed by atoms with Crippen LogP contribution in [0.4, 0.5) is 4.39 Å². The van der Waals surface area contributed by atoms with E-state index < -0.39 is 33.8 Å². The minimum Gasteiger partial charge on any atom is -0.452 e. The molecule has 0 spiro atoms. The fraction of sp³-hybridized carbons (Fsp3) is 0.556. The summed E-state index contributed by atoms with van der Waals surface area (Å²) in [6, 6.07) is 4.85. The molecule has 1 N–H and O–H groups in total. The lowest BCUT2D eigenvalue weighted by Gasteiger charge is -2.30. The van der Waals surface area contributed by atoms with Crippen LogP contribution in [0.15, 0.2) is 29.2 Å². The zero-order valence-electron chi connectivity index (χ0n) is 15.1. The highest BCUT2D eigenvalue weighted by atomic mass is 32.2. The average molecular weight is 398 g/mol. The number of rotatable bonds is 6. The van der Waals surface area contributed by atoms with E-state index in [4.69, 9.17) is 4.74 Å².